The van der Waals surface area contributed by atoms with Gasteiger partial charge in [0.05, 0.1) is 12.6 Å². The Balaban J connectivity index is 1.24. The summed E-state index contributed by atoms with van der Waals surface area (Å²) in [5.74, 6) is 1.21. The van der Waals surface area contributed by atoms with Gasteiger partial charge in [0.15, 0.2) is 0 Å². The van der Waals surface area contributed by atoms with Crippen LogP contribution in [0.2, 0.25) is 0 Å². The van der Waals surface area contributed by atoms with E-state index in [1.54, 1.807) is 6.20 Å². The Morgan fingerprint density at radius 1 is 1.00 bits per heavy atom. The van der Waals surface area contributed by atoms with Gasteiger partial charge >= 0.3 is 0 Å². The number of nitrogens with zero attached hydrogens (tertiary/aromatic N) is 2. The standard InChI is InChI=1S/C25H32N4O2/c1-17-3-6-19(7-4-17)24(20-8-9-20)28-23(30)16-29-13-11-21(12-14-29)25(31)27-22-10-5-18(2)15-26-22/h3-7,10,15,20-21,24H,8-9,11-14,16H2,1-2H3,(H,28,30)(H,26,27,31). The lowest BCUT2D eigenvalue weighted by Crippen LogP contribution is -2.44. The van der Waals surface area contributed by atoms with Gasteiger partial charge in [0.25, 0.3) is 0 Å². The number of nitrogens with one attached hydrogen (secondary N) is 2. The van der Waals surface area contributed by atoms with Crippen molar-refractivity contribution >= 4 is 17.6 Å². The third-order valence-electron chi connectivity index (χ3n) is 6.33. The highest BCUT2D eigenvalue weighted by molar-refractivity contribution is 5.91. The molecule has 1 saturated heterocycles. The topological polar surface area (TPSA) is 74.3 Å². The second-order valence-electron chi connectivity index (χ2n) is 9.05. The van der Waals surface area contributed by atoms with Gasteiger partial charge < -0.3 is 10.6 Å². The number of benzene rings is 1. The second kappa shape index (κ2) is 9.60. The van der Waals surface area contributed by atoms with Crippen molar-refractivity contribution in [3.05, 3.63) is 59.3 Å². The highest BCUT2D eigenvalue weighted by Crippen LogP contribution is 2.41. The first kappa shape index (κ1) is 21.5. The summed E-state index contributed by atoms with van der Waals surface area (Å²) in [6.07, 6.45) is 5.62. The van der Waals surface area contributed by atoms with Crippen LogP contribution in [0.5, 0.6) is 0 Å². The number of carbonyl (C=O) groups is 2. The number of amides is 2. The molecule has 1 unspecified atom stereocenters. The Bertz CT molecular complexity index is 898. The number of anilines is 1. The average molecular weight is 421 g/mol. The van der Waals surface area contributed by atoms with Crippen LogP contribution in [-0.4, -0.2) is 41.3 Å². The second-order valence-corrected chi connectivity index (χ2v) is 9.05. The summed E-state index contributed by atoms with van der Waals surface area (Å²) in [6, 6.07) is 12.4. The number of hydrogen-bond acceptors (Lipinski definition) is 4. The molecule has 6 nitrogen and oxygen atoms in total. The normalized spacial score (nSPS) is 18.4. The number of likely N-dealkylation sites (tertiary alicyclic amines) is 1. The molecule has 1 aliphatic carbocycles. The number of aryl methyl sites for hydroxylation is 2. The fourth-order valence-electron chi connectivity index (χ4n) is 4.22. The van der Waals surface area contributed by atoms with Crippen molar-refractivity contribution in [3.8, 4) is 0 Å². The number of carbonyl (C=O) groups excluding carboxylic acids is 2. The molecule has 0 spiro atoms. The summed E-state index contributed by atoms with van der Waals surface area (Å²) in [5, 5.41) is 6.18. The van der Waals surface area contributed by atoms with E-state index in [0.29, 0.717) is 18.3 Å². The molecule has 1 aromatic heterocycles. The van der Waals surface area contributed by atoms with Crippen LogP contribution in [-0.2, 0) is 9.59 Å². The van der Waals surface area contributed by atoms with Crippen molar-refractivity contribution in [3.63, 3.8) is 0 Å². The van der Waals surface area contributed by atoms with Crippen LogP contribution in [0.15, 0.2) is 42.6 Å². The lowest BCUT2D eigenvalue weighted by Gasteiger charge is -2.31. The summed E-state index contributed by atoms with van der Waals surface area (Å²) in [5.41, 5.74) is 3.49. The summed E-state index contributed by atoms with van der Waals surface area (Å²) in [6.45, 7) is 5.95. The Morgan fingerprint density at radius 2 is 1.68 bits per heavy atom. The van der Waals surface area contributed by atoms with E-state index >= 15 is 0 Å². The van der Waals surface area contributed by atoms with E-state index in [0.717, 1.165) is 31.5 Å². The van der Waals surface area contributed by atoms with Gasteiger partial charge in [0.2, 0.25) is 11.8 Å². The molecule has 1 atom stereocenters. The van der Waals surface area contributed by atoms with Crippen molar-refractivity contribution in [1.29, 1.82) is 0 Å². The van der Waals surface area contributed by atoms with Gasteiger partial charge in [-0.15, -0.1) is 0 Å². The molecule has 2 aromatic rings. The van der Waals surface area contributed by atoms with E-state index in [4.69, 9.17) is 0 Å². The number of rotatable bonds is 7. The van der Waals surface area contributed by atoms with Crippen LogP contribution in [0.4, 0.5) is 5.82 Å². The lowest BCUT2D eigenvalue weighted by atomic mass is 9.96. The van der Waals surface area contributed by atoms with Gasteiger partial charge in [0.1, 0.15) is 5.82 Å². The van der Waals surface area contributed by atoms with Gasteiger partial charge in [-0.25, -0.2) is 4.98 Å². The molecular formula is C25H32N4O2. The average Bonchev–Trinajstić information content (AvgIpc) is 3.60. The first-order valence-electron chi connectivity index (χ1n) is 11.3. The molecule has 6 heteroatoms. The zero-order valence-corrected chi connectivity index (χ0v) is 18.4. The summed E-state index contributed by atoms with van der Waals surface area (Å²) in [7, 11) is 0. The van der Waals surface area contributed by atoms with E-state index < -0.39 is 0 Å². The van der Waals surface area contributed by atoms with Crippen molar-refractivity contribution < 1.29 is 9.59 Å². The van der Waals surface area contributed by atoms with Crippen LogP contribution in [0, 0.1) is 25.7 Å². The molecule has 1 aromatic carbocycles. The zero-order chi connectivity index (χ0) is 21.8. The van der Waals surface area contributed by atoms with Gasteiger partial charge in [-0.1, -0.05) is 35.9 Å². The highest BCUT2D eigenvalue weighted by Gasteiger charge is 2.34. The predicted octanol–water partition coefficient (Wildman–Crippen LogP) is 3.62. The van der Waals surface area contributed by atoms with Crippen molar-refractivity contribution in [2.45, 2.75) is 45.6 Å². The maximum atomic E-state index is 12.7. The SMILES string of the molecule is Cc1ccc(C(NC(=O)CN2CCC(C(=O)Nc3ccc(C)cn3)CC2)C2CC2)cc1. The predicted molar refractivity (Wildman–Crippen MR) is 122 cm³/mol. The fraction of sp³-hybridized carbons (Fsp3) is 0.480. The minimum atomic E-state index is -0.0332. The number of pyridine rings is 1. The van der Waals surface area contributed by atoms with Crippen molar-refractivity contribution in [1.82, 2.24) is 15.2 Å². The summed E-state index contributed by atoms with van der Waals surface area (Å²) < 4.78 is 0. The Kier molecular flexibility index (Phi) is 6.66. The molecular weight excluding hydrogens is 388 g/mol. The minimum Gasteiger partial charge on any atom is -0.348 e. The molecule has 2 aliphatic rings. The third kappa shape index (κ3) is 5.91. The minimum absolute atomic E-state index is 0.0219. The van der Waals surface area contributed by atoms with E-state index in [2.05, 4.69) is 51.7 Å². The molecule has 2 N–H and O–H groups in total. The molecule has 0 bridgehead atoms. The van der Waals surface area contributed by atoms with E-state index in [9.17, 15) is 9.59 Å². The summed E-state index contributed by atoms with van der Waals surface area (Å²) in [4.78, 5) is 31.7. The lowest BCUT2D eigenvalue weighted by molar-refractivity contribution is -0.124. The molecule has 0 radical (unpaired) electrons. The number of piperidine rings is 1. The monoisotopic (exact) mass is 420 g/mol. The first-order valence-corrected chi connectivity index (χ1v) is 11.3. The largest absolute Gasteiger partial charge is 0.348 e. The molecule has 2 fully saturated rings. The van der Waals surface area contributed by atoms with Crippen molar-refractivity contribution in [2.75, 3.05) is 25.0 Å². The van der Waals surface area contributed by atoms with E-state index in [-0.39, 0.29) is 23.8 Å². The Morgan fingerprint density at radius 3 is 2.29 bits per heavy atom. The fourth-order valence-corrected chi connectivity index (χ4v) is 4.22. The molecule has 31 heavy (non-hydrogen) atoms. The molecule has 1 aliphatic heterocycles. The van der Waals surface area contributed by atoms with Gasteiger partial charge in [-0.2, -0.15) is 0 Å². The molecule has 2 heterocycles. The van der Waals surface area contributed by atoms with Crippen LogP contribution >= 0.6 is 0 Å². The van der Waals surface area contributed by atoms with Crippen LogP contribution in [0.25, 0.3) is 0 Å². The Labute approximate surface area is 184 Å². The maximum absolute atomic E-state index is 12.7. The van der Waals surface area contributed by atoms with Gasteiger partial charge in [0, 0.05) is 12.1 Å². The van der Waals surface area contributed by atoms with Crippen LogP contribution in [0.3, 0.4) is 0 Å². The van der Waals surface area contributed by atoms with Crippen LogP contribution < -0.4 is 10.6 Å². The van der Waals surface area contributed by atoms with Crippen molar-refractivity contribution in [2.24, 2.45) is 11.8 Å². The molecule has 2 amide bonds. The smallest absolute Gasteiger partial charge is 0.234 e. The van der Waals surface area contributed by atoms with Crippen LogP contribution in [0.1, 0.15) is 48.4 Å². The first-order chi connectivity index (χ1) is 15.0. The third-order valence-corrected chi connectivity index (χ3v) is 6.33. The van der Waals surface area contributed by atoms with E-state index in [1.165, 1.54) is 24.0 Å². The Hall–Kier alpha value is -2.73. The number of hydrogen-bond donors (Lipinski definition) is 2. The maximum Gasteiger partial charge on any atom is 0.234 e. The quantitative estimate of drug-likeness (QED) is 0.718. The number of aromatic nitrogens is 1. The molecule has 4 rings (SSSR count). The van der Waals surface area contributed by atoms with E-state index in [1.807, 2.05) is 19.1 Å². The highest BCUT2D eigenvalue weighted by atomic mass is 16.2. The van der Waals surface area contributed by atoms with Gasteiger partial charge in [-0.05, 0) is 75.7 Å². The molecule has 1 saturated carbocycles. The summed E-state index contributed by atoms with van der Waals surface area (Å²) >= 11 is 0. The molecule has 164 valence electrons. The zero-order valence-electron chi connectivity index (χ0n) is 18.4. The van der Waals surface area contributed by atoms with Gasteiger partial charge in [-0.3, -0.25) is 14.5 Å².